The Morgan fingerprint density at radius 2 is 1.23 bits per heavy atom. The minimum absolute atomic E-state index is 1.35. The lowest BCUT2D eigenvalue weighted by atomic mass is 10.2. The van der Waals surface area contributed by atoms with E-state index < -0.39 is 30.9 Å². The molecular weight excluding hydrogens is 202 g/mol. The number of hydrogen-bond acceptors (Lipinski definition) is 0. The predicted molar refractivity (Wildman–Crippen MR) is 30.0 cm³/mol. The van der Waals surface area contributed by atoms with Crippen LogP contribution in [0.4, 0.5) is 26.3 Å². The number of nitrogens with zero attached hydrogens (tertiary/aromatic N) is 2. The van der Waals surface area contributed by atoms with Crippen molar-refractivity contribution in [2.45, 2.75) is 25.2 Å². The highest BCUT2D eigenvalue weighted by molar-refractivity contribution is 5.80. The lowest BCUT2D eigenvalue weighted by Crippen LogP contribution is -2.22. The Labute approximate surface area is 68.8 Å². The van der Waals surface area contributed by atoms with Crippen LogP contribution in [0.3, 0.4) is 0 Å². The summed E-state index contributed by atoms with van der Waals surface area (Å²) in [5.41, 5.74) is 6.49. The van der Waals surface area contributed by atoms with Crippen molar-refractivity contribution in [2.75, 3.05) is 0 Å². The first-order valence-electron chi connectivity index (χ1n) is 2.97. The van der Waals surface area contributed by atoms with Gasteiger partial charge < -0.3 is 5.53 Å². The standard InChI is InChI=1S/C5H4F6N2/c6-4(7,8)1-3(13-12)2-5(9,10)11/h1-2H2. The largest absolute Gasteiger partial charge is 0.399 e. The molecule has 0 aromatic heterocycles. The molecule has 8 heteroatoms. The molecule has 0 N–H and O–H groups in total. The van der Waals surface area contributed by atoms with Crippen molar-refractivity contribution in [3.63, 3.8) is 0 Å². The number of hydrogen-bond donors (Lipinski definition) is 0. The fraction of sp³-hybridized carbons (Fsp3) is 0.800. The van der Waals surface area contributed by atoms with Crippen LogP contribution in [-0.4, -0.2) is 22.9 Å². The fourth-order valence-electron chi connectivity index (χ4n) is 0.596. The molecule has 0 rings (SSSR count). The molecule has 0 aliphatic rings. The van der Waals surface area contributed by atoms with Gasteiger partial charge in [-0.1, -0.05) is 0 Å². The van der Waals surface area contributed by atoms with E-state index in [2.05, 4.69) is 0 Å². The average Bonchev–Trinajstić information content (AvgIpc) is 1.79. The van der Waals surface area contributed by atoms with Gasteiger partial charge >= 0.3 is 12.4 Å². The molecule has 0 aromatic rings. The molecule has 0 aliphatic heterocycles. The highest BCUT2D eigenvalue weighted by Crippen LogP contribution is 2.25. The molecule has 0 aromatic carbocycles. The van der Waals surface area contributed by atoms with E-state index in [1.807, 2.05) is 4.79 Å². The SMILES string of the molecule is [N-]=[N+]=C(CC(F)(F)F)CC(F)(F)F. The van der Waals surface area contributed by atoms with Crippen molar-refractivity contribution in [2.24, 2.45) is 0 Å². The first-order chi connectivity index (χ1) is 5.64. The second-order valence-corrected chi connectivity index (χ2v) is 2.25. The first kappa shape index (κ1) is 12.0. The molecule has 0 amide bonds. The van der Waals surface area contributed by atoms with E-state index in [-0.39, 0.29) is 0 Å². The van der Waals surface area contributed by atoms with E-state index in [9.17, 15) is 26.3 Å². The molecule has 0 bridgehead atoms. The van der Waals surface area contributed by atoms with Crippen molar-refractivity contribution in [3.8, 4) is 0 Å². The monoisotopic (exact) mass is 206 g/mol. The quantitative estimate of drug-likeness (QED) is 0.288. The molecule has 0 heterocycles. The molecular formula is C5H4F6N2. The van der Waals surface area contributed by atoms with E-state index in [0.29, 0.717) is 0 Å². The summed E-state index contributed by atoms with van der Waals surface area (Å²) in [6.07, 6.45) is -13.3. The molecule has 0 radical (unpaired) electrons. The molecule has 76 valence electrons. The zero-order valence-corrected chi connectivity index (χ0v) is 6.08. The highest BCUT2D eigenvalue weighted by Gasteiger charge is 2.40. The van der Waals surface area contributed by atoms with Crippen LogP contribution in [0, 0.1) is 0 Å². The van der Waals surface area contributed by atoms with Gasteiger partial charge in [0.25, 0.3) is 5.71 Å². The lowest BCUT2D eigenvalue weighted by molar-refractivity contribution is -0.145. The molecule has 2 nitrogen and oxygen atoms in total. The zero-order chi connectivity index (χ0) is 10.7. The maximum Gasteiger partial charge on any atom is 0.399 e. The Kier molecular flexibility index (Phi) is 3.48. The molecule has 13 heavy (non-hydrogen) atoms. The third-order valence-electron chi connectivity index (χ3n) is 0.950. The maximum absolute atomic E-state index is 11.5. The van der Waals surface area contributed by atoms with Gasteiger partial charge in [-0.2, -0.15) is 31.1 Å². The predicted octanol–water partition coefficient (Wildman–Crippen LogP) is 2.56. The summed E-state index contributed by atoms with van der Waals surface area (Å²) in [6.45, 7) is 0. The highest BCUT2D eigenvalue weighted by atomic mass is 19.4. The van der Waals surface area contributed by atoms with Crippen LogP contribution in [-0.2, 0) is 0 Å². The van der Waals surface area contributed by atoms with E-state index in [4.69, 9.17) is 5.53 Å². The van der Waals surface area contributed by atoms with Crippen LogP contribution in [0.5, 0.6) is 0 Å². The van der Waals surface area contributed by atoms with Crippen molar-refractivity contribution in [1.29, 1.82) is 0 Å². The lowest BCUT2D eigenvalue weighted by Gasteiger charge is -2.04. The van der Waals surface area contributed by atoms with Crippen LogP contribution in [0.15, 0.2) is 0 Å². The van der Waals surface area contributed by atoms with Gasteiger partial charge in [-0.25, -0.2) is 0 Å². The number of rotatable bonds is 2. The van der Waals surface area contributed by atoms with Gasteiger partial charge in [0.2, 0.25) is 0 Å². The second-order valence-electron chi connectivity index (χ2n) is 2.25. The summed E-state index contributed by atoms with van der Waals surface area (Å²) < 4.78 is 69.1. The molecule has 0 saturated carbocycles. The van der Waals surface area contributed by atoms with Gasteiger partial charge in [0.05, 0.1) is 0 Å². The van der Waals surface area contributed by atoms with Crippen LogP contribution in [0.25, 0.3) is 5.53 Å². The zero-order valence-electron chi connectivity index (χ0n) is 6.08. The van der Waals surface area contributed by atoms with Crippen LogP contribution in [0.1, 0.15) is 12.8 Å². The van der Waals surface area contributed by atoms with E-state index in [1.54, 1.807) is 0 Å². The normalized spacial score (nSPS) is 12.5. The van der Waals surface area contributed by atoms with Crippen molar-refractivity contribution >= 4 is 5.71 Å². The van der Waals surface area contributed by atoms with Crippen LogP contribution < -0.4 is 0 Å². The Bertz CT molecular complexity index is 202. The Balaban J connectivity index is 4.33. The number of alkyl halides is 6. The minimum atomic E-state index is -4.80. The van der Waals surface area contributed by atoms with E-state index in [1.165, 1.54) is 0 Å². The summed E-state index contributed by atoms with van der Waals surface area (Å²) in [4.78, 5) is 1.94. The van der Waals surface area contributed by atoms with E-state index >= 15 is 0 Å². The van der Waals surface area contributed by atoms with Crippen molar-refractivity contribution in [1.82, 2.24) is 0 Å². The molecule has 0 atom stereocenters. The first-order valence-corrected chi connectivity index (χ1v) is 2.97. The van der Waals surface area contributed by atoms with Gasteiger partial charge in [0.1, 0.15) is 12.8 Å². The van der Waals surface area contributed by atoms with Gasteiger partial charge in [-0.05, 0) is 0 Å². The van der Waals surface area contributed by atoms with Gasteiger partial charge in [0, 0.05) is 0 Å². The Morgan fingerprint density at radius 1 is 0.923 bits per heavy atom. The number of halogens is 6. The Morgan fingerprint density at radius 3 is 1.38 bits per heavy atom. The van der Waals surface area contributed by atoms with E-state index in [0.717, 1.165) is 0 Å². The molecule has 0 saturated heterocycles. The smallest absolute Gasteiger partial charge is 0.362 e. The summed E-state index contributed by atoms with van der Waals surface area (Å²) in [5.74, 6) is 0. The van der Waals surface area contributed by atoms with Gasteiger partial charge in [-0.3, -0.25) is 0 Å². The third kappa shape index (κ3) is 7.32. The summed E-state index contributed by atoms with van der Waals surface area (Å²) in [7, 11) is 0. The van der Waals surface area contributed by atoms with Crippen LogP contribution in [0.2, 0.25) is 0 Å². The summed E-state index contributed by atoms with van der Waals surface area (Å²) in [6, 6.07) is 0. The molecule has 0 aliphatic carbocycles. The third-order valence-corrected chi connectivity index (χ3v) is 0.950. The average molecular weight is 206 g/mol. The summed E-state index contributed by atoms with van der Waals surface area (Å²) in [5, 5.41) is 0. The fourth-order valence-corrected chi connectivity index (χ4v) is 0.596. The van der Waals surface area contributed by atoms with Gasteiger partial charge in [-0.15, -0.1) is 0 Å². The molecule has 0 spiro atoms. The summed E-state index contributed by atoms with van der Waals surface area (Å²) >= 11 is 0. The second kappa shape index (κ2) is 3.78. The van der Waals surface area contributed by atoms with Crippen molar-refractivity contribution < 1.29 is 31.1 Å². The maximum atomic E-state index is 11.5. The topological polar surface area (TPSA) is 36.4 Å². The van der Waals surface area contributed by atoms with Gasteiger partial charge in [0.15, 0.2) is 0 Å². The minimum Gasteiger partial charge on any atom is -0.362 e. The Hall–Kier alpha value is -1.04. The molecule has 0 unspecified atom stereocenters. The molecule has 0 fully saturated rings. The van der Waals surface area contributed by atoms with Crippen LogP contribution >= 0.6 is 0 Å². The van der Waals surface area contributed by atoms with Crippen molar-refractivity contribution in [3.05, 3.63) is 5.53 Å².